The second kappa shape index (κ2) is 5.23. The molecule has 1 atom stereocenters. The molecule has 2 aliphatic rings. The molecule has 0 radical (unpaired) electrons. The molecule has 2 aliphatic heterocycles. The van der Waals surface area contributed by atoms with E-state index in [4.69, 9.17) is 4.74 Å². The van der Waals surface area contributed by atoms with Crippen molar-refractivity contribution in [3.8, 4) is 0 Å². The van der Waals surface area contributed by atoms with Crippen molar-refractivity contribution in [2.45, 2.75) is 25.4 Å². The number of nitrogens with zero attached hydrogens (tertiary/aromatic N) is 3. The highest BCUT2D eigenvalue weighted by Crippen LogP contribution is 2.27. The van der Waals surface area contributed by atoms with Gasteiger partial charge < -0.3 is 4.74 Å². The Kier molecular flexibility index (Phi) is 3.57. The first-order chi connectivity index (χ1) is 9.64. The zero-order valence-corrected chi connectivity index (χ0v) is 12.1. The van der Waals surface area contributed by atoms with E-state index in [0.717, 1.165) is 18.5 Å². The van der Waals surface area contributed by atoms with Crippen LogP contribution >= 0.6 is 0 Å². The third-order valence-electron chi connectivity index (χ3n) is 3.73. The van der Waals surface area contributed by atoms with Crippen LogP contribution in [0, 0.1) is 0 Å². The summed E-state index contributed by atoms with van der Waals surface area (Å²) in [6, 6.07) is 3.42. The second-order valence-corrected chi connectivity index (χ2v) is 6.79. The van der Waals surface area contributed by atoms with E-state index in [2.05, 4.69) is 9.98 Å². The van der Waals surface area contributed by atoms with E-state index < -0.39 is 10.0 Å². The highest BCUT2D eigenvalue weighted by molar-refractivity contribution is 8.05. The van der Waals surface area contributed by atoms with Gasteiger partial charge in [-0.2, -0.15) is 4.31 Å². The largest absolute Gasteiger partial charge is 0.383 e. The number of hydrogen-bond donors (Lipinski definition) is 0. The molecular formula is C13H17N3O3S. The second-order valence-electron chi connectivity index (χ2n) is 4.99. The number of aliphatic imine (C=N–C) groups is 1. The van der Waals surface area contributed by atoms with Gasteiger partial charge >= 0.3 is 0 Å². The normalized spacial score (nSPS) is 22.9. The number of sulfonamides is 1. The topological polar surface area (TPSA) is 71.9 Å². The SMILES string of the molecule is COC[C@H]1CCCN1S(=O)(=O)C1=NCc2ncccc21. The maximum absolute atomic E-state index is 12.8. The van der Waals surface area contributed by atoms with Gasteiger partial charge in [-0.1, -0.05) is 0 Å². The van der Waals surface area contributed by atoms with Crippen LogP contribution in [0.3, 0.4) is 0 Å². The lowest BCUT2D eigenvalue weighted by atomic mass is 10.2. The van der Waals surface area contributed by atoms with Crippen molar-refractivity contribution < 1.29 is 13.2 Å². The van der Waals surface area contributed by atoms with Gasteiger partial charge in [0.2, 0.25) is 0 Å². The first-order valence-electron chi connectivity index (χ1n) is 6.64. The van der Waals surface area contributed by atoms with E-state index in [9.17, 15) is 8.42 Å². The lowest BCUT2D eigenvalue weighted by Gasteiger charge is -2.23. The van der Waals surface area contributed by atoms with Crippen LogP contribution in [0.2, 0.25) is 0 Å². The first-order valence-corrected chi connectivity index (χ1v) is 8.08. The van der Waals surface area contributed by atoms with Gasteiger partial charge in [-0.15, -0.1) is 0 Å². The number of methoxy groups -OCH3 is 1. The lowest BCUT2D eigenvalue weighted by molar-refractivity contribution is 0.149. The monoisotopic (exact) mass is 295 g/mol. The number of fused-ring (bicyclic) bond motifs is 1. The molecule has 3 heterocycles. The highest BCUT2D eigenvalue weighted by Gasteiger charge is 2.39. The van der Waals surface area contributed by atoms with Gasteiger partial charge in [0.15, 0.2) is 5.04 Å². The predicted octanol–water partition coefficient (Wildman–Crippen LogP) is 0.782. The molecule has 20 heavy (non-hydrogen) atoms. The van der Waals surface area contributed by atoms with E-state index in [0.29, 0.717) is 25.3 Å². The third kappa shape index (κ3) is 2.15. The Morgan fingerprint density at radius 3 is 3.15 bits per heavy atom. The van der Waals surface area contributed by atoms with Crippen LogP contribution in [-0.4, -0.2) is 49.1 Å². The molecule has 1 fully saturated rings. The Morgan fingerprint density at radius 2 is 2.35 bits per heavy atom. The molecule has 1 aromatic heterocycles. The summed E-state index contributed by atoms with van der Waals surface area (Å²) in [4.78, 5) is 8.38. The van der Waals surface area contributed by atoms with Crippen molar-refractivity contribution in [3.05, 3.63) is 29.6 Å². The van der Waals surface area contributed by atoms with Crippen molar-refractivity contribution >= 4 is 15.1 Å². The Morgan fingerprint density at radius 1 is 1.50 bits per heavy atom. The standard InChI is InChI=1S/C13H17N3O3S/c1-19-9-10-4-3-7-16(10)20(17,18)13-11-5-2-6-14-12(11)8-15-13/h2,5-6,10H,3-4,7-9H2,1H3/t10-/m1/s1. The first kappa shape index (κ1) is 13.7. The van der Waals surface area contributed by atoms with E-state index in [1.165, 1.54) is 4.31 Å². The van der Waals surface area contributed by atoms with Crippen LogP contribution in [0.25, 0.3) is 0 Å². The fraction of sp³-hybridized carbons (Fsp3) is 0.538. The fourth-order valence-corrected chi connectivity index (χ4v) is 4.65. The summed E-state index contributed by atoms with van der Waals surface area (Å²) in [5.74, 6) is 0. The van der Waals surface area contributed by atoms with E-state index >= 15 is 0 Å². The molecule has 0 bridgehead atoms. The van der Waals surface area contributed by atoms with Crippen LogP contribution in [0.5, 0.6) is 0 Å². The summed E-state index contributed by atoms with van der Waals surface area (Å²) in [5, 5.41) is 0.156. The minimum Gasteiger partial charge on any atom is -0.383 e. The van der Waals surface area contributed by atoms with Crippen molar-refractivity contribution in [1.82, 2.24) is 9.29 Å². The molecular weight excluding hydrogens is 278 g/mol. The van der Waals surface area contributed by atoms with Gasteiger partial charge in [0.25, 0.3) is 10.0 Å². The average Bonchev–Trinajstić information content (AvgIpc) is 3.05. The Labute approximate surface area is 118 Å². The van der Waals surface area contributed by atoms with Crippen LogP contribution in [0.1, 0.15) is 24.1 Å². The maximum atomic E-state index is 12.8. The number of pyridine rings is 1. The van der Waals surface area contributed by atoms with Crippen LogP contribution < -0.4 is 0 Å². The minimum atomic E-state index is -3.56. The summed E-state index contributed by atoms with van der Waals surface area (Å²) in [7, 11) is -1.97. The Hall–Kier alpha value is -1.31. The fourth-order valence-electron chi connectivity index (χ4n) is 2.81. The number of rotatable bonds is 3. The Bertz CT molecular complexity index is 642. The maximum Gasteiger partial charge on any atom is 0.261 e. The van der Waals surface area contributed by atoms with Crippen LogP contribution in [0.4, 0.5) is 0 Å². The molecule has 0 saturated carbocycles. The van der Waals surface area contributed by atoms with Crippen molar-refractivity contribution in [2.24, 2.45) is 4.99 Å². The minimum absolute atomic E-state index is 0.0894. The Balaban J connectivity index is 1.94. The summed E-state index contributed by atoms with van der Waals surface area (Å²) >= 11 is 0. The third-order valence-corrected chi connectivity index (χ3v) is 5.66. The summed E-state index contributed by atoms with van der Waals surface area (Å²) in [5.41, 5.74) is 1.36. The number of ether oxygens (including phenoxy) is 1. The van der Waals surface area contributed by atoms with Gasteiger partial charge in [-0.3, -0.25) is 9.98 Å². The summed E-state index contributed by atoms with van der Waals surface area (Å²) in [6.07, 6.45) is 3.36. The lowest BCUT2D eigenvalue weighted by Crippen LogP contribution is -2.41. The van der Waals surface area contributed by atoms with Gasteiger partial charge in [-0.25, -0.2) is 8.42 Å². The van der Waals surface area contributed by atoms with Gasteiger partial charge in [0.05, 0.1) is 18.8 Å². The van der Waals surface area contributed by atoms with Gasteiger partial charge in [-0.05, 0) is 25.0 Å². The van der Waals surface area contributed by atoms with Crippen LogP contribution in [-0.2, 0) is 21.3 Å². The zero-order valence-electron chi connectivity index (χ0n) is 11.3. The zero-order chi connectivity index (χ0) is 14.2. The highest BCUT2D eigenvalue weighted by atomic mass is 32.2. The van der Waals surface area contributed by atoms with Crippen molar-refractivity contribution in [3.63, 3.8) is 0 Å². The summed E-state index contributed by atoms with van der Waals surface area (Å²) < 4.78 is 32.2. The van der Waals surface area contributed by atoms with Gasteiger partial charge in [0, 0.05) is 31.5 Å². The molecule has 0 amide bonds. The molecule has 0 N–H and O–H groups in total. The van der Waals surface area contributed by atoms with Crippen molar-refractivity contribution in [2.75, 3.05) is 20.3 Å². The molecule has 0 spiro atoms. The predicted molar refractivity (Wildman–Crippen MR) is 75.0 cm³/mol. The van der Waals surface area contributed by atoms with Crippen LogP contribution in [0.15, 0.2) is 23.3 Å². The number of hydrogen-bond acceptors (Lipinski definition) is 5. The molecule has 6 nitrogen and oxygen atoms in total. The van der Waals surface area contributed by atoms with Gasteiger partial charge in [0.1, 0.15) is 0 Å². The molecule has 3 rings (SSSR count). The quantitative estimate of drug-likeness (QED) is 0.826. The van der Waals surface area contributed by atoms with E-state index in [1.807, 2.05) is 0 Å². The van der Waals surface area contributed by atoms with E-state index in [1.54, 1.807) is 25.4 Å². The average molecular weight is 295 g/mol. The molecule has 1 saturated heterocycles. The van der Waals surface area contributed by atoms with Crippen molar-refractivity contribution in [1.29, 1.82) is 0 Å². The molecule has 0 unspecified atom stereocenters. The molecule has 1 aromatic rings. The van der Waals surface area contributed by atoms with E-state index in [-0.39, 0.29) is 11.1 Å². The molecule has 0 aromatic carbocycles. The molecule has 108 valence electrons. The summed E-state index contributed by atoms with van der Waals surface area (Å²) in [6.45, 7) is 1.30. The number of aromatic nitrogens is 1. The molecule has 0 aliphatic carbocycles. The smallest absolute Gasteiger partial charge is 0.261 e. The molecule has 7 heteroatoms.